The van der Waals surface area contributed by atoms with E-state index in [9.17, 15) is 9.60 Å². The largest absolute Gasteiger partial charge is 0.409 e. The molecule has 1 aliphatic carbocycles. The van der Waals surface area contributed by atoms with Crippen LogP contribution in [0.5, 0.6) is 0 Å². The fourth-order valence-corrected chi connectivity index (χ4v) is 5.28. The highest BCUT2D eigenvalue weighted by Gasteiger charge is 2.28. The summed E-state index contributed by atoms with van der Waals surface area (Å²) in [6, 6.07) is 9.12. The third kappa shape index (κ3) is 5.00. The second kappa shape index (κ2) is 10.4. The van der Waals surface area contributed by atoms with Crippen molar-refractivity contribution < 1.29 is 14.0 Å². The Morgan fingerprint density at radius 1 is 1.19 bits per heavy atom. The summed E-state index contributed by atoms with van der Waals surface area (Å²) in [5, 5.41) is 12.7. The minimum atomic E-state index is -1.74. The lowest BCUT2D eigenvalue weighted by Gasteiger charge is -2.28. The van der Waals surface area contributed by atoms with Gasteiger partial charge in [-0.1, -0.05) is 54.7 Å². The summed E-state index contributed by atoms with van der Waals surface area (Å²) in [5.74, 6) is 0.0266. The first-order valence-electron chi connectivity index (χ1n) is 12.2. The maximum Gasteiger partial charge on any atom is 0.208 e. The molecule has 3 heterocycles. The zero-order valence-corrected chi connectivity index (χ0v) is 21.0. The Morgan fingerprint density at radius 3 is 2.65 bits per heavy atom. The Hall–Kier alpha value is -3.59. The molecule has 3 aromatic heterocycles. The van der Waals surface area contributed by atoms with Crippen LogP contribution in [0.1, 0.15) is 55.9 Å². The molecule has 10 heteroatoms. The number of halogens is 3. The van der Waals surface area contributed by atoms with Crippen molar-refractivity contribution in [2.24, 2.45) is 22.7 Å². The summed E-state index contributed by atoms with van der Waals surface area (Å²) in [5.41, 5.74) is 7.99. The molecule has 3 N–H and O–H groups in total. The van der Waals surface area contributed by atoms with E-state index in [1.807, 2.05) is 4.57 Å². The highest BCUT2D eigenvalue weighted by molar-refractivity contribution is 6.30. The third-order valence-electron chi connectivity index (χ3n) is 7.11. The van der Waals surface area contributed by atoms with Gasteiger partial charge in [-0.05, 0) is 42.9 Å². The van der Waals surface area contributed by atoms with Crippen LogP contribution in [0.2, 0.25) is 5.02 Å². The van der Waals surface area contributed by atoms with Crippen LogP contribution < -0.4 is 5.73 Å². The number of benzene rings is 1. The SMILES string of the molecule is C[C@H]1CC[C@H](Cn2c(C(F)c3ccccc3F)cc3nc(/C(N)=N/O)nc(-c4cncc(Cl)c4)c32)CC1. The van der Waals surface area contributed by atoms with Crippen LogP contribution in [0.3, 0.4) is 0 Å². The van der Waals surface area contributed by atoms with Crippen molar-refractivity contribution in [2.45, 2.75) is 45.3 Å². The number of oxime groups is 1. The molecular formula is C27H27ClF2N6O. The van der Waals surface area contributed by atoms with Gasteiger partial charge < -0.3 is 15.5 Å². The lowest BCUT2D eigenvalue weighted by Crippen LogP contribution is -2.20. The lowest BCUT2D eigenvalue weighted by molar-refractivity contribution is 0.260. The summed E-state index contributed by atoms with van der Waals surface area (Å²) in [6.45, 7) is 2.77. The number of hydrogen-bond donors (Lipinski definition) is 2. The molecule has 4 aromatic rings. The van der Waals surface area contributed by atoms with Gasteiger partial charge in [0.2, 0.25) is 5.84 Å². The van der Waals surface area contributed by atoms with Gasteiger partial charge in [0.1, 0.15) is 11.5 Å². The monoisotopic (exact) mass is 524 g/mol. The number of alkyl halides is 1. The predicted molar refractivity (Wildman–Crippen MR) is 139 cm³/mol. The van der Waals surface area contributed by atoms with Gasteiger partial charge in [0.15, 0.2) is 12.0 Å². The van der Waals surface area contributed by atoms with Crippen LogP contribution in [0.25, 0.3) is 22.3 Å². The molecule has 1 aromatic carbocycles. The Labute approximate surface area is 218 Å². The number of nitrogens with two attached hydrogens (primary N) is 1. The molecule has 1 unspecified atom stereocenters. The van der Waals surface area contributed by atoms with Crippen LogP contribution in [-0.2, 0) is 6.54 Å². The molecule has 0 radical (unpaired) electrons. The van der Waals surface area contributed by atoms with Gasteiger partial charge >= 0.3 is 0 Å². The smallest absolute Gasteiger partial charge is 0.208 e. The summed E-state index contributed by atoms with van der Waals surface area (Å²) >= 11 is 6.23. The fourth-order valence-electron chi connectivity index (χ4n) is 5.10. The number of rotatable bonds is 6. The van der Waals surface area contributed by atoms with E-state index in [-0.39, 0.29) is 22.9 Å². The summed E-state index contributed by atoms with van der Waals surface area (Å²) < 4.78 is 32.7. The summed E-state index contributed by atoms with van der Waals surface area (Å²) in [7, 11) is 0. The number of nitrogens with zero attached hydrogens (tertiary/aromatic N) is 5. The number of pyridine rings is 1. The van der Waals surface area contributed by atoms with E-state index in [1.54, 1.807) is 24.4 Å². The van der Waals surface area contributed by atoms with E-state index >= 15 is 4.39 Å². The van der Waals surface area contributed by atoms with Gasteiger partial charge in [-0.15, -0.1) is 0 Å². The normalized spacial score (nSPS) is 19.3. The first kappa shape index (κ1) is 25.1. The zero-order chi connectivity index (χ0) is 26.1. The van der Waals surface area contributed by atoms with Crippen LogP contribution >= 0.6 is 11.6 Å². The fraction of sp³-hybridized carbons (Fsp3) is 0.333. The van der Waals surface area contributed by atoms with Crippen molar-refractivity contribution in [3.8, 4) is 11.3 Å². The van der Waals surface area contributed by atoms with Gasteiger partial charge in [0, 0.05) is 30.1 Å². The molecule has 1 saturated carbocycles. The molecule has 5 rings (SSSR count). The Balaban J connectivity index is 1.76. The van der Waals surface area contributed by atoms with Gasteiger partial charge in [-0.25, -0.2) is 18.7 Å². The van der Waals surface area contributed by atoms with Gasteiger partial charge in [0.25, 0.3) is 0 Å². The molecule has 0 aliphatic heterocycles. The first-order chi connectivity index (χ1) is 17.9. The van der Waals surface area contributed by atoms with E-state index in [2.05, 4.69) is 27.0 Å². The van der Waals surface area contributed by atoms with E-state index in [4.69, 9.17) is 17.3 Å². The molecule has 37 heavy (non-hydrogen) atoms. The Kier molecular flexibility index (Phi) is 7.06. The molecular weight excluding hydrogens is 498 g/mol. The van der Waals surface area contributed by atoms with Gasteiger partial charge in [-0.2, -0.15) is 0 Å². The molecule has 1 atom stereocenters. The molecule has 0 bridgehead atoms. The van der Waals surface area contributed by atoms with Gasteiger partial charge in [-0.3, -0.25) is 4.98 Å². The Morgan fingerprint density at radius 2 is 1.95 bits per heavy atom. The minimum absolute atomic E-state index is 0.0264. The molecule has 7 nitrogen and oxygen atoms in total. The quantitative estimate of drug-likeness (QED) is 0.134. The van der Waals surface area contributed by atoms with Crippen LogP contribution in [0, 0.1) is 17.7 Å². The van der Waals surface area contributed by atoms with Crippen molar-refractivity contribution in [2.75, 3.05) is 0 Å². The third-order valence-corrected chi connectivity index (χ3v) is 7.31. The van der Waals surface area contributed by atoms with Crippen molar-refractivity contribution >= 4 is 28.5 Å². The van der Waals surface area contributed by atoms with E-state index in [0.29, 0.717) is 45.7 Å². The lowest BCUT2D eigenvalue weighted by atomic mass is 9.83. The number of hydrogen-bond acceptors (Lipinski definition) is 5. The second-order valence-corrected chi connectivity index (χ2v) is 10.1. The van der Waals surface area contributed by atoms with Crippen molar-refractivity contribution in [1.82, 2.24) is 19.5 Å². The molecule has 1 aliphatic rings. The van der Waals surface area contributed by atoms with E-state index in [0.717, 1.165) is 25.7 Å². The average Bonchev–Trinajstić information content (AvgIpc) is 3.27. The van der Waals surface area contributed by atoms with Crippen molar-refractivity contribution in [1.29, 1.82) is 0 Å². The Bertz CT molecular complexity index is 1460. The molecule has 0 saturated heterocycles. The predicted octanol–water partition coefficient (Wildman–Crippen LogP) is 6.27. The van der Waals surface area contributed by atoms with Crippen molar-refractivity contribution in [3.05, 3.63) is 76.7 Å². The number of fused-ring (bicyclic) bond motifs is 1. The topological polar surface area (TPSA) is 102 Å². The van der Waals surface area contributed by atoms with E-state index < -0.39 is 12.0 Å². The minimum Gasteiger partial charge on any atom is -0.409 e. The maximum absolute atomic E-state index is 16.1. The molecule has 0 amide bonds. The second-order valence-electron chi connectivity index (χ2n) is 9.70. The number of amidine groups is 1. The van der Waals surface area contributed by atoms with Crippen LogP contribution in [0.4, 0.5) is 8.78 Å². The molecule has 192 valence electrons. The van der Waals surface area contributed by atoms with Crippen LogP contribution in [-0.4, -0.2) is 30.6 Å². The first-order valence-corrected chi connectivity index (χ1v) is 12.6. The highest BCUT2D eigenvalue weighted by atomic mass is 35.5. The highest BCUT2D eigenvalue weighted by Crippen LogP contribution is 2.38. The maximum atomic E-state index is 16.1. The zero-order valence-electron chi connectivity index (χ0n) is 20.3. The summed E-state index contributed by atoms with van der Waals surface area (Å²) in [6.07, 6.45) is 5.56. The number of aromatic nitrogens is 4. The van der Waals surface area contributed by atoms with Gasteiger partial charge in [0.05, 0.1) is 21.7 Å². The standard InChI is InChI=1S/C27H27ClF2N6O/c1-15-6-8-16(9-7-15)14-36-22(23(30)19-4-2-3-5-20(19)29)11-21-25(36)24(17-10-18(28)13-32-12-17)34-27(33-21)26(31)35-37/h2-5,10-13,15-16,23,37H,6-9,14H2,1H3,(H2,31,35)/t15-,16-,23?. The summed E-state index contributed by atoms with van der Waals surface area (Å²) in [4.78, 5) is 13.2. The van der Waals surface area contributed by atoms with Crippen LogP contribution in [0.15, 0.2) is 53.9 Å². The molecule has 1 fully saturated rings. The van der Waals surface area contributed by atoms with E-state index in [1.165, 1.54) is 24.4 Å². The van der Waals surface area contributed by atoms with Crippen molar-refractivity contribution in [3.63, 3.8) is 0 Å². The molecule has 0 spiro atoms. The average molecular weight is 525 g/mol.